The molecule has 256 valence electrons. The average Bonchev–Trinajstić information content (AvgIpc) is 3.01. The molecule has 0 aliphatic carbocycles. The maximum Gasteiger partial charge on any atom is 0.319 e. The molecule has 0 aliphatic rings. The molecule has 0 aliphatic heterocycles. The minimum atomic E-state index is -1.23. The highest BCUT2D eigenvalue weighted by molar-refractivity contribution is 8.24. The van der Waals surface area contributed by atoms with Crippen molar-refractivity contribution in [2.24, 2.45) is 5.41 Å². The molecule has 0 aromatic carbocycles. The summed E-state index contributed by atoms with van der Waals surface area (Å²) in [6, 6.07) is 0. The fourth-order valence-electron chi connectivity index (χ4n) is 2.67. The molecule has 0 saturated carbocycles. The highest BCUT2D eigenvalue weighted by Crippen LogP contribution is 2.28. The molecule has 20 heteroatoms. The fourth-order valence-corrected chi connectivity index (χ4v) is 7.07. The Kier molecular flexibility index (Phi) is 22.6. The SMILES string of the molecule is COC(=O)C(C)SC(=S)OCC(COC(=S)SC(C)C(=O)OC)(COC(=S)SC(C)C(=O)OC)COC(=S)SC(C)C(=O)OC. The lowest BCUT2D eigenvalue weighted by Crippen LogP contribution is -2.43. The van der Waals surface area contributed by atoms with E-state index in [1.807, 2.05) is 0 Å². The van der Waals surface area contributed by atoms with Gasteiger partial charge in [0.1, 0.15) is 52.8 Å². The maximum atomic E-state index is 11.9. The Morgan fingerprint density at radius 2 is 0.644 bits per heavy atom. The summed E-state index contributed by atoms with van der Waals surface area (Å²) in [5, 5.41) is -2.62. The molecule has 0 saturated heterocycles. The van der Waals surface area contributed by atoms with Gasteiger partial charge in [-0.3, -0.25) is 19.2 Å². The number of ether oxygens (including phenoxy) is 8. The van der Waals surface area contributed by atoms with Gasteiger partial charge in [-0.05, 0) is 76.6 Å². The summed E-state index contributed by atoms with van der Waals surface area (Å²) in [4.78, 5) is 47.5. The molecule has 0 amide bonds. The smallest absolute Gasteiger partial charge is 0.319 e. The predicted molar refractivity (Wildman–Crippen MR) is 193 cm³/mol. The predicted octanol–water partition coefficient (Wildman–Crippen LogP) is 4.36. The summed E-state index contributed by atoms with van der Waals surface area (Å²) in [5.74, 6) is -2.01. The number of hydrogen-bond acceptors (Lipinski definition) is 20. The van der Waals surface area contributed by atoms with Gasteiger partial charge in [-0.2, -0.15) is 0 Å². The molecular weight excluding hydrogens is 749 g/mol. The van der Waals surface area contributed by atoms with Crippen LogP contribution in [0, 0.1) is 5.41 Å². The number of esters is 4. The zero-order chi connectivity index (χ0) is 34.7. The van der Waals surface area contributed by atoms with E-state index in [0.717, 1.165) is 47.0 Å². The number of rotatable bonds is 16. The fraction of sp³-hybridized carbons (Fsp3) is 0.680. The first-order chi connectivity index (χ1) is 21.0. The average molecular weight is 785 g/mol. The van der Waals surface area contributed by atoms with E-state index in [4.69, 9.17) is 86.8 Å². The molecule has 0 spiro atoms. The van der Waals surface area contributed by atoms with Crippen LogP contribution < -0.4 is 0 Å². The van der Waals surface area contributed by atoms with Crippen LogP contribution in [0.5, 0.6) is 0 Å². The molecule has 0 fully saturated rings. The largest absolute Gasteiger partial charge is 0.478 e. The van der Waals surface area contributed by atoms with Crippen molar-refractivity contribution in [3.05, 3.63) is 0 Å². The van der Waals surface area contributed by atoms with Crippen molar-refractivity contribution in [2.45, 2.75) is 48.7 Å². The molecule has 12 nitrogen and oxygen atoms in total. The minimum Gasteiger partial charge on any atom is -0.478 e. The highest BCUT2D eigenvalue weighted by atomic mass is 32.2. The van der Waals surface area contributed by atoms with Gasteiger partial charge >= 0.3 is 23.9 Å². The molecule has 0 N–H and O–H groups in total. The molecule has 45 heavy (non-hydrogen) atoms. The van der Waals surface area contributed by atoms with Crippen molar-refractivity contribution >= 4 is 137 Å². The van der Waals surface area contributed by atoms with Gasteiger partial charge in [0, 0.05) is 0 Å². The van der Waals surface area contributed by atoms with E-state index < -0.39 is 50.3 Å². The summed E-state index contributed by atoms with van der Waals surface area (Å²) in [6.45, 7) is 5.59. The number of methoxy groups -OCH3 is 4. The maximum absolute atomic E-state index is 11.9. The van der Waals surface area contributed by atoms with Crippen LogP contribution in [0.3, 0.4) is 0 Å². The van der Waals surface area contributed by atoms with Gasteiger partial charge in [0.05, 0.1) is 28.4 Å². The standard InChI is InChI=1S/C25H36O12S8/c1-13(17(26)30-5)42-21(38)34-9-25(10-35-22(39)43-14(2)18(27)31-6,11-36-23(40)44-15(3)19(28)32-7)12-37-24(41)45-16(4)20(29)33-8/h13-16H,9-12H2,1-8H3. The van der Waals surface area contributed by atoms with E-state index in [1.54, 1.807) is 27.7 Å². The molecule has 0 aromatic rings. The van der Waals surface area contributed by atoms with Gasteiger partial charge in [-0.25, -0.2) is 0 Å². The summed E-state index contributed by atoms with van der Waals surface area (Å²) >= 11 is 25.2. The Balaban J connectivity index is 6.14. The van der Waals surface area contributed by atoms with Crippen LogP contribution in [-0.4, -0.2) is 117 Å². The molecule has 0 heterocycles. The quantitative estimate of drug-likeness (QED) is 0.124. The van der Waals surface area contributed by atoms with Crippen LogP contribution in [0.4, 0.5) is 0 Å². The zero-order valence-corrected chi connectivity index (χ0v) is 32.3. The van der Waals surface area contributed by atoms with Crippen molar-refractivity contribution in [1.29, 1.82) is 0 Å². The molecule has 0 radical (unpaired) electrons. The van der Waals surface area contributed by atoms with Crippen LogP contribution in [0.15, 0.2) is 0 Å². The van der Waals surface area contributed by atoms with Gasteiger partial charge in [0.2, 0.25) is 17.5 Å². The highest BCUT2D eigenvalue weighted by Gasteiger charge is 2.38. The van der Waals surface area contributed by atoms with E-state index >= 15 is 0 Å². The topological polar surface area (TPSA) is 142 Å². The summed E-state index contributed by atoms with van der Waals surface area (Å²) in [5.41, 5.74) is -1.23. The van der Waals surface area contributed by atoms with Crippen LogP contribution in [0.2, 0.25) is 0 Å². The number of carbonyl (C=O) groups excluding carboxylic acids is 4. The van der Waals surface area contributed by atoms with Gasteiger partial charge in [0.25, 0.3) is 0 Å². The second-order valence-electron chi connectivity index (χ2n) is 8.79. The van der Waals surface area contributed by atoms with Crippen molar-refractivity contribution in [1.82, 2.24) is 0 Å². The second kappa shape index (κ2) is 23.2. The van der Waals surface area contributed by atoms with Crippen molar-refractivity contribution in [3.8, 4) is 0 Å². The molecule has 4 unspecified atom stereocenters. The van der Waals surface area contributed by atoms with Crippen LogP contribution >= 0.6 is 95.9 Å². The number of thioether (sulfide) groups is 4. The molecule has 4 atom stereocenters. The zero-order valence-electron chi connectivity index (χ0n) is 25.8. The van der Waals surface area contributed by atoms with Crippen molar-refractivity contribution in [2.75, 3.05) is 54.9 Å². The van der Waals surface area contributed by atoms with Gasteiger partial charge < -0.3 is 37.9 Å². The third-order valence-corrected chi connectivity index (χ3v) is 10.3. The second-order valence-corrected chi connectivity index (χ2v) is 16.6. The van der Waals surface area contributed by atoms with E-state index in [0.29, 0.717) is 0 Å². The first-order valence-electron chi connectivity index (χ1n) is 12.7. The Morgan fingerprint density at radius 3 is 0.800 bits per heavy atom. The van der Waals surface area contributed by atoms with Gasteiger partial charge in [0.15, 0.2) is 0 Å². The summed E-state index contributed by atoms with van der Waals surface area (Å²) in [6.07, 6.45) is 0. The molecule has 0 aromatic heterocycles. The van der Waals surface area contributed by atoms with Crippen LogP contribution in [0.25, 0.3) is 0 Å². The molecule has 0 bridgehead atoms. The Bertz CT molecular complexity index is 907. The number of carbonyl (C=O) groups is 4. The lowest BCUT2D eigenvalue weighted by molar-refractivity contribution is -0.140. The van der Waals surface area contributed by atoms with Crippen LogP contribution in [0.1, 0.15) is 27.7 Å². The summed E-state index contributed by atoms with van der Waals surface area (Å²) < 4.78 is 42.4. The lowest BCUT2D eigenvalue weighted by Gasteiger charge is -2.33. The Hall–Kier alpha value is -1.16. The van der Waals surface area contributed by atoms with E-state index in [-0.39, 0.29) is 44.0 Å². The Labute approximate surface area is 301 Å². The summed E-state index contributed by atoms with van der Waals surface area (Å²) in [7, 11) is 5.02. The monoisotopic (exact) mass is 784 g/mol. The number of hydrogen-bond donors (Lipinski definition) is 0. The lowest BCUT2D eigenvalue weighted by atomic mass is 9.92. The molecule has 0 rings (SSSR count). The van der Waals surface area contributed by atoms with Crippen molar-refractivity contribution in [3.63, 3.8) is 0 Å². The van der Waals surface area contributed by atoms with E-state index in [1.165, 1.54) is 28.4 Å². The minimum absolute atomic E-state index is 0.0149. The normalized spacial score (nSPS) is 14.6. The number of thiocarbonyl (C=S) groups is 4. The molecular formula is C25H36O12S8. The van der Waals surface area contributed by atoms with Crippen LogP contribution in [-0.2, 0) is 57.1 Å². The van der Waals surface area contributed by atoms with Crippen molar-refractivity contribution < 1.29 is 57.1 Å². The first-order valence-corrected chi connectivity index (χ1v) is 17.8. The van der Waals surface area contributed by atoms with Gasteiger partial charge in [-0.1, -0.05) is 47.0 Å². The first kappa shape index (κ1) is 43.8. The van der Waals surface area contributed by atoms with E-state index in [9.17, 15) is 19.2 Å². The Morgan fingerprint density at radius 1 is 0.467 bits per heavy atom. The third kappa shape index (κ3) is 18.1. The third-order valence-electron chi connectivity index (χ3n) is 5.21. The van der Waals surface area contributed by atoms with E-state index in [2.05, 4.69) is 0 Å². The van der Waals surface area contributed by atoms with Gasteiger partial charge in [-0.15, -0.1) is 0 Å².